The van der Waals surface area contributed by atoms with Gasteiger partial charge in [0.2, 0.25) is 0 Å². The molecule has 162 valence electrons. The summed E-state index contributed by atoms with van der Waals surface area (Å²) in [6.45, 7) is 1.85. The number of benzene rings is 1. The minimum atomic E-state index is -0.363. The molecular weight excluding hydrogens is 457 g/mol. The van der Waals surface area contributed by atoms with Crippen molar-refractivity contribution >= 4 is 39.7 Å². The zero-order chi connectivity index (χ0) is 23.4. The number of aromatic nitrogens is 3. The highest BCUT2D eigenvalue weighted by atomic mass is 32.2. The van der Waals surface area contributed by atoms with Crippen LogP contribution in [0.5, 0.6) is 0 Å². The van der Waals surface area contributed by atoms with Gasteiger partial charge in [-0.25, -0.2) is 14.4 Å². The molecular formula is C23H16FN7S2. The smallest absolute Gasteiger partial charge is 0.187 e. The molecule has 0 radical (unpaired) electrons. The number of pyridine rings is 2. The summed E-state index contributed by atoms with van der Waals surface area (Å²) < 4.78 is 13.9. The molecule has 4 aromatic rings. The fourth-order valence-electron chi connectivity index (χ4n) is 3.06. The Bertz CT molecular complexity index is 1400. The van der Waals surface area contributed by atoms with Crippen LogP contribution in [-0.2, 0) is 5.75 Å². The number of hydrogen-bond acceptors (Lipinski definition) is 9. The van der Waals surface area contributed by atoms with E-state index < -0.39 is 0 Å². The number of rotatable bonds is 6. The highest BCUT2D eigenvalue weighted by molar-refractivity contribution is 7.98. The largest absolute Gasteiger partial charge is 0.383 e. The molecule has 3 heterocycles. The van der Waals surface area contributed by atoms with Gasteiger partial charge >= 0.3 is 0 Å². The average Bonchev–Trinajstić information content (AvgIpc) is 3.26. The highest BCUT2D eigenvalue weighted by Gasteiger charge is 2.21. The first-order valence-electron chi connectivity index (χ1n) is 9.65. The number of thioether (sulfide) groups is 1. The number of hydrogen-bond donors (Lipinski definition) is 2. The zero-order valence-corrected chi connectivity index (χ0v) is 19.0. The molecule has 4 rings (SSSR count). The Hall–Kier alpha value is -3.99. The van der Waals surface area contributed by atoms with Crippen LogP contribution in [0.15, 0.2) is 53.0 Å². The van der Waals surface area contributed by atoms with E-state index >= 15 is 0 Å². The van der Waals surface area contributed by atoms with Crippen LogP contribution in [0.1, 0.15) is 22.5 Å². The summed E-state index contributed by atoms with van der Waals surface area (Å²) in [6, 6.07) is 14.2. The van der Waals surface area contributed by atoms with Crippen molar-refractivity contribution in [3.63, 3.8) is 0 Å². The summed E-state index contributed by atoms with van der Waals surface area (Å²) in [5.74, 6) is 0.0982. The first-order valence-corrected chi connectivity index (χ1v) is 11.5. The van der Waals surface area contributed by atoms with Crippen LogP contribution in [0.3, 0.4) is 0 Å². The molecule has 0 aliphatic heterocycles. The molecule has 0 unspecified atom stereocenters. The van der Waals surface area contributed by atoms with Gasteiger partial charge in [0.1, 0.15) is 34.4 Å². The molecule has 7 nitrogen and oxygen atoms in total. The van der Waals surface area contributed by atoms with Crippen molar-refractivity contribution in [1.29, 1.82) is 10.5 Å². The average molecular weight is 474 g/mol. The molecule has 0 saturated carbocycles. The maximum absolute atomic E-state index is 13.9. The van der Waals surface area contributed by atoms with Gasteiger partial charge in [-0.2, -0.15) is 10.5 Å². The number of anilines is 3. The maximum Gasteiger partial charge on any atom is 0.187 e. The fourth-order valence-corrected chi connectivity index (χ4v) is 4.77. The van der Waals surface area contributed by atoms with E-state index in [2.05, 4.69) is 32.4 Å². The molecule has 33 heavy (non-hydrogen) atoms. The Morgan fingerprint density at radius 2 is 1.91 bits per heavy atom. The fraction of sp³-hybridized carbons (Fsp3) is 0.0870. The van der Waals surface area contributed by atoms with Crippen LogP contribution in [0.25, 0.3) is 11.1 Å². The van der Waals surface area contributed by atoms with Crippen molar-refractivity contribution in [2.45, 2.75) is 17.7 Å². The molecule has 10 heteroatoms. The molecule has 0 amide bonds. The summed E-state index contributed by atoms with van der Waals surface area (Å²) in [6.07, 6.45) is 1.61. The Balaban J connectivity index is 1.61. The van der Waals surface area contributed by atoms with Gasteiger partial charge in [0, 0.05) is 34.2 Å². The minimum absolute atomic E-state index is 0.0507. The Kier molecular flexibility index (Phi) is 6.50. The van der Waals surface area contributed by atoms with Crippen molar-refractivity contribution < 1.29 is 4.39 Å². The molecule has 3 aromatic heterocycles. The first-order chi connectivity index (χ1) is 16.0. The van der Waals surface area contributed by atoms with Crippen LogP contribution in [0.4, 0.5) is 21.0 Å². The second kappa shape index (κ2) is 9.65. The van der Waals surface area contributed by atoms with E-state index in [4.69, 9.17) is 5.73 Å². The maximum atomic E-state index is 13.9. The summed E-state index contributed by atoms with van der Waals surface area (Å²) in [4.78, 5) is 13.1. The SMILES string of the molecule is Cc1ccc(-c2c(C#N)c(N)nc(SCc3csc(Nc4ccccc4F)n3)c2C#N)cn1. The number of nitriles is 2. The second-order valence-electron chi connectivity index (χ2n) is 6.88. The van der Waals surface area contributed by atoms with Gasteiger partial charge in [-0.05, 0) is 25.1 Å². The standard InChI is InChI=1S/C23H16FN7S2/c1-13-6-7-14(10-28-13)20-16(8-25)21(27)31-22(17(20)9-26)32-11-15-12-33-23(29-15)30-19-5-3-2-4-18(19)24/h2-7,10,12H,11H2,1H3,(H2,27,31)(H,29,30). The summed E-state index contributed by atoms with van der Waals surface area (Å²) in [7, 11) is 0. The van der Waals surface area contributed by atoms with Crippen LogP contribution in [0.2, 0.25) is 0 Å². The van der Waals surface area contributed by atoms with E-state index in [0.717, 1.165) is 11.4 Å². The van der Waals surface area contributed by atoms with E-state index in [1.165, 1.54) is 29.2 Å². The van der Waals surface area contributed by atoms with Gasteiger partial charge in [0.15, 0.2) is 5.13 Å². The zero-order valence-electron chi connectivity index (χ0n) is 17.3. The molecule has 1 aromatic carbocycles. The normalized spacial score (nSPS) is 10.4. The lowest BCUT2D eigenvalue weighted by atomic mass is 9.98. The lowest BCUT2D eigenvalue weighted by molar-refractivity contribution is 0.632. The topological polar surface area (TPSA) is 124 Å². The van der Waals surface area contributed by atoms with E-state index in [0.29, 0.717) is 32.7 Å². The van der Waals surface area contributed by atoms with Crippen molar-refractivity contribution in [2.75, 3.05) is 11.1 Å². The number of nitrogen functional groups attached to an aromatic ring is 1. The number of aryl methyl sites for hydroxylation is 1. The number of nitrogens with two attached hydrogens (primary N) is 1. The number of halogens is 1. The van der Waals surface area contributed by atoms with Gasteiger partial charge in [0.25, 0.3) is 0 Å². The Morgan fingerprint density at radius 3 is 2.61 bits per heavy atom. The summed E-state index contributed by atoms with van der Waals surface area (Å²) in [5, 5.41) is 25.3. The monoisotopic (exact) mass is 473 g/mol. The van der Waals surface area contributed by atoms with Gasteiger partial charge in [-0.1, -0.05) is 30.0 Å². The van der Waals surface area contributed by atoms with Gasteiger partial charge in [-0.3, -0.25) is 4.98 Å². The van der Waals surface area contributed by atoms with Gasteiger partial charge in [0.05, 0.1) is 16.9 Å². The first kappa shape index (κ1) is 22.2. The third-order valence-corrected chi connectivity index (χ3v) is 6.46. The molecule has 0 spiro atoms. The lowest BCUT2D eigenvalue weighted by Gasteiger charge is -2.12. The highest BCUT2D eigenvalue weighted by Crippen LogP contribution is 2.36. The van der Waals surface area contributed by atoms with Crippen LogP contribution < -0.4 is 11.1 Å². The second-order valence-corrected chi connectivity index (χ2v) is 8.70. The molecule has 0 atom stereocenters. The quantitative estimate of drug-likeness (QED) is 0.356. The van der Waals surface area contributed by atoms with E-state index in [-0.39, 0.29) is 22.8 Å². The van der Waals surface area contributed by atoms with Crippen LogP contribution >= 0.6 is 23.1 Å². The molecule has 0 aliphatic rings. The van der Waals surface area contributed by atoms with Crippen molar-refractivity contribution in [3.8, 4) is 23.3 Å². The number of thiazole rings is 1. The third-order valence-electron chi connectivity index (χ3n) is 4.64. The van der Waals surface area contributed by atoms with E-state index in [1.54, 1.807) is 36.5 Å². The minimum Gasteiger partial charge on any atom is -0.383 e. The number of nitrogens with one attached hydrogen (secondary N) is 1. The van der Waals surface area contributed by atoms with Crippen molar-refractivity contribution in [1.82, 2.24) is 15.0 Å². The van der Waals surface area contributed by atoms with Gasteiger partial charge in [-0.15, -0.1) is 11.3 Å². The third kappa shape index (κ3) is 4.77. The van der Waals surface area contributed by atoms with Crippen molar-refractivity contribution in [3.05, 3.63) is 76.3 Å². The molecule has 0 saturated heterocycles. The van der Waals surface area contributed by atoms with Gasteiger partial charge < -0.3 is 11.1 Å². The predicted molar refractivity (Wildman–Crippen MR) is 127 cm³/mol. The Labute approximate surface area is 197 Å². The number of para-hydroxylation sites is 1. The summed E-state index contributed by atoms with van der Waals surface area (Å²) >= 11 is 2.64. The molecule has 0 bridgehead atoms. The number of nitrogens with zero attached hydrogens (tertiary/aromatic N) is 5. The van der Waals surface area contributed by atoms with Crippen LogP contribution in [0, 0.1) is 35.4 Å². The van der Waals surface area contributed by atoms with E-state index in [1.807, 2.05) is 12.3 Å². The van der Waals surface area contributed by atoms with E-state index in [9.17, 15) is 14.9 Å². The molecule has 0 fully saturated rings. The lowest BCUT2D eigenvalue weighted by Crippen LogP contribution is -2.03. The molecule has 3 N–H and O–H groups in total. The Morgan fingerprint density at radius 1 is 1.12 bits per heavy atom. The summed E-state index contributed by atoms with van der Waals surface area (Å²) in [5.41, 5.74) is 9.40. The molecule has 0 aliphatic carbocycles. The van der Waals surface area contributed by atoms with Crippen LogP contribution in [-0.4, -0.2) is 15.0 Å². The predicted octanol–water partition coefficient (Wildman–Crippen LogP) is 5.41. The van der Waals surface area contributed by atoms with Crippen molar-refractivity contribution in [2.24, 2.45) is 0 Å².